The number of carbonyl (C=O) groups excluding carboxylic acids is 2. The summed E-state index contributed by atoms with van der Waals surface area (Å²) in [6.45, 7) is 5.91. The summed E-state index contributed by atoms with van der Waals surface area (Å²) < 4.78 is 5.34. The molecule has 0 bridgehead atoms. The summed E-state index contributed by atoms with van der Waals surface area (Å²) in [6.07, 6.45) is 3.90. The smallest absolute Gasteiger partial charge is 0.283 e. The molecule has 2 aromatic carbocycles. The van der Waals surface area contributed by atoms with E-state index in [-0.39, 0.29) is 17.6 Å². The number of aliphatic imine (C=N–C) groups is 1. The first-order valence-electron chi connectivity index (χ1n) is 11.3. The molecule has 2 aliphatic heterocycles. The van der Waals surface area contributed by atoms with Crippen molar-refractivity contribution >= 4 is 40.5 Å². The van der Waals surface area contributed by atoms with Crippen LogP contribution in [0.3, 0.4) is 0 Å². The summed E-state index contributed by atoms with van der Waals surface area (Å²) in [4.78, 5) is 34.1. The monoisotopic (exact) mass is 463 g/mol. The van der Waals surface area contributed by atoms with Crippen LogP contribution in [0.4, 0.5) is 5.69 Å². The van der Waals surface area contributed by atoms with Gasteiger partial charge < -0.3 is 9.64 Å². The van der Waals surface area contributed by atoms with Crippen molar-refractivity contribution in [3.63, 3.8) is 0 Å². The lowest BCUT2D eigenvalue weighted by atomic mass is 10.0. The van der Waals surface area contributed by atoms with Crippen LogP contribution in [0, 0.1) is 0 Å². The van der Waals surface area contributed by atoms with E-state index in [4.69, 9.17) is 4.74 Å². The number of thioether (sulfide) groups is 1. The first kappa shape index (κ1) is 23.1. The molecular formula is C26H29N3O3S. The SMILES string of the molecule is COc1cccc(N2C(=O)/C(=C\c3ccc(C(C)C)cc3)N=C2SCC(=O)N2CCCC2)c1. The third-order valence-electron chi connectivity index (χ3n) is 5.83. The number of ether oxygens (including phenoxy) is 1. The lowest BCUT2D eigenvalue weighted by Crippen LogP contribution is -2.33. The van der Waals surface area contributed by atoms with Crippen molar-refractivity contribution in [2.24, 2.45) is 4.99 Å². The van der Waals surface area contributed by atoms with Gasteiger partial charge in [0.05, 0.1) is 18.6 Å². The summed E-state index contributed by atoms with van der Waals surface area (Å²) in [5, 5.41) is 0.505. The van der Waals surface area contributed by atoms with Crippen LogP contribution in [-0.4, -0.2) is 47.8 Å². The fraction of sp³-hybridized carbons (Fsp3) is 0.346. The van der Waals surface area contributed by atoms with E-state index in [2.05, 4.69) is 31.0 Å². The number of nitrogens with zero attached hydrogens (tertiary/aromatic N) is 3. The normalized spacial score (nSPS) is 17.3. The highest BCUT2D eigenvalue weighted by Gasteiger charge is 2.33. The Morgan fingerprint density at radius 1 is 1.15 bits per heavy atom. The molecule has 0 N–H and O–H groups in total. The van der Waals surface area contributed by atoms with Crippen LogP contribution in [0.5, 0.6) is 5.75 Å². The van der Waals surface area contributed by atoms with Crippen molar-refractivity contribution in [3.05, 3.63) is 65.4 Å². The van der Waals surface area contributed by atoms with Gasteiger partial charge in [-0.05, 0) is 48.1 Å². The average Bonchev–Trinajstić information content (AvgIpc) is 3.47. The second-order valence-corrected chi connectivity index (χ2v) is 9.41. The Balaban J connectivity index is 1.61. The Morgan fingerprint density at radius 3 is 2.55 bits per heavy atom. The molecular weight excluding hydrogens is 434 g/mol. The number of hydrogen-bond donors (Lipinski definition) is 0. The number of anilines is 1. The number of amides is 2. The Labute approximate surface area is 199 Å². The summed E-state index contributed by atoms with van der Waals surface area (Å²) in [6, 6.07) is 15.5. The van der Waals surface area contributed by atoms with Crippen molar-refractivity contribution in [2.45, 2.75) is 32.6 Å². The average molecular weight is 464 g/mol. The minimum absolute atomic E-state index is 0.0833. The van der Waals surface area contributed by atoms with E-state index in [0.29, 0.717) is 28.2 Å². The van der Waals surface area contributed by atoms with Crippen LogP contribution in [0.1, 0.15) is 43.7 Å². The van der Waals surface area contributed by atoms with Crippen molar-refractivity contribution in [1.29, 1.82) is 0 Å². The molecule has 0 spiro atoms. The van der Waals surface area contributed by atoms with Gasteiger partial charge in [-0.3, -0.25) is 14.5 Å². The first-order valence-corrected chi connectivity index (χ1v) is 12.2. The van der Waals surface area contributed by atoms with E-state index in [9.17, 15) is 9.59 Å². The largest absolute Gasteiger partial charge is 0.497 e. The van der Waals surface area contributed by atoms with Crippen molar-refractivity contribution in [3.8, 4) is 5.75 Å². The van der Waals surface area contributed by atoms with E-state index in [1.54, 1.807) is 24.2 Å². The highest BCUT2D eigenvalue weighted by molar-refractivity contribution is 8.14. The molecule has 0 unspecified atom stereocenters. The maximum Gasteiger partial charge on any atom is 0.283 e. The van der Waals surface area contributed by atoms with Gasteiger partial charge in [-0.25, -0.2) is 4.99 Å². The molecule has 2 aliphatic rings. The van der Waals surface area contributed by atoms with Crippen molar-refractivity contribution < 1.29 is 14.3 Å². The zero-order valence-electron chi connectivity index (χ0n) is 19.3. The highest BCUT2D eigenvalue weighted by Crippen LogP contribution is 2.31. The van der Waals surface area contributed by atoms with Gasteiger partial charge in [-0.15, -0.1) is 0 Å². The third kappa shape index (κ3) is 5.30. The Bertz CT molecular complexity index is 1090. The molecule has 0 aromatic heterocycles. The molecule has 6 nitrogen and oxygen atoms in total. The van der Waals surface area contributed by atoms with Gasteiger partial charge in [0.2, 0.25) is 5.91 Å². The summed E-state index contributed by atoms with van der Waals surface area (Å²) in [5.41, 5.74) is 3.17. The molecule has 1 saturated heterocycles. The standard InChI is InChI=1S/C26H29N3O3S/c1-18(2)20-11-9-19(10-12-20)15-23-25(31)29(21-7-6-8-22(16-21)32-3)26(27-23)33-17-24(30)28-13-4-5-14-28/h6-12,15-16,18H,4-5,13-14,17H2,1-3H3/b23-15+. The van der Waals surface area contributed by atoms with Crippen LogP contribution in [0.25, 0.3) is 6.08 Å². The molecule has 0 radical (unpaired) electrons. The number of methoxy groups -OCH3 is 1. The quantitative estimate of drug-likeness (QED) is 0.571. The molecule has 7 heteroatoms. The van der Waals surface area contributed by atoms with Crippen LogP contribution >= 0.6 is 11.8 Å². The lowest BCUT2D eigenvalue weighted by Gasteiger charge is -2.19. The minimum Gasteiger partial charge on any atom is -0.497 e. The van der Waals surface area contributed by atoms with Crippen molar-refractivity contribution in [1.82, 2.24) is 4.90 Å². The van der Waals surface area contributed by atoms with E-state index >= 15 is 0 Å². The van der Waals surface area contributed by atoms with E-state index in [0.717, 1.165) is 31.5 Å². The van der Waals surface area contributed by atoms with Gasteiger partial charge in [-0.1, -0.05) is 55.9 Å². The molecule has 33 heavy (non-hydrogen) atoms. The zero-order chi connectivity index (χ0) is 23.4. The molecule has 0 aliphatic carbocycles. The maximum absolute atomic E-state index is 13.4. The molecule has 0 atom stereocenters. The molecule has 2 heterocycles. The summed E-state index contributed by atoms with van der Waals surface area (Å²) >= 11 is 1.30. The van der Waals surface area contributed by atoms with Crippen LogP contribution < -0.4 is 9.64 Å². The third-order valence-corrected chi connectivity index (χ3v) is 6.75. The number of benzene rings is 2. The second kappa shape index (κ2) is 10.3. The van der Waals surface area contributed by atoms with Gasteiger partial charge >= 0.3 is 0 Å². The molecule has 172 valence electrons. The summed E-state index contributed by atoms with van der Waals surface area (Å²) in [7, 11) is 1.59. The van der Waals surface area contributed by atoms with Gasteiger partial charge in [0.25, 0.3) is 5.91 Å². The molecule has 0 saturated carbocycles. The Kier molecular flexibility index (Phi) is 7.18. The first-order chi connectivity index (χ1) is 16.0. The van der Waals surface area contributed by atoms with Crippen molar-refractivity contribution in [2.75, 3.05) is 30.9 Å². The fourth-order valence-electron chi connectivity index (χ4n) is 3.89. The van der Waals surface area contributed by atoms with E-state index in [1.165, 1.54) is 17.3 Å². The molecule has 2 amide bonds. The van der Waals surface area contributed by atoms with Gasteiger partial charge in [0.15, 0.2) is 5.17 Å². The zero-order valence-corrected chi connectivity index (χ0v) is 20.1. The molecule has 4 rings (SSSR count). The lowest BCUT2D eigenvalue weighted by molar-refractivity contribution is -0.127. The number of carbonyl (C=O) groups is 2. The molecule has 1 fully saturated rings. The van der Waals surface area contributed by atoms with Gasteiger partial charge in [0.1, 0.15) is 11.4 Å². The van der Waals surface area contributed by atoms with Crippen LogP contribution in [0.2, 0.25) is 0 Å². The van der Waals surface area contributed by atoms with Gasteiger partial charge in [-0.2, -0.15) is 0 Å². The predicted molar refractivity (Wildman–Crippen MR) is 135 cm³/mol. The fourth-order valence-corrected chi connectivity index (χ4v) is 4.80. The van der Waals surface area contributed by atoms with Crippen LogP contribution in [-0.2, 0) is 9.59 Å². The topological polar surface area (TPSA) is 62.2 Å². The number of rotatable bonds is 6. The van der Waals surface area contributed by atoms with E-state index in [1.807, 2.05) is 35.2 Å². The second-order valence-electron chi connectivity index (χ2n) is 8.46. The van der Waals surface area contributed by atoms with E-state index < -0.39 is 0 Å². The Hall–Kier alpha value is -3.06. The van der Waals surface area contributed by atoms with Crippen LogP contribution in [0.15, 0.2) is 59.2 Å². The van der Waals surface area contributed by atoms with Gasteiger partial charge in [0, 0.05) is 19.2 Å². The summed E-state index contributed by atoms with van der Waals surface area (Å²) in [5.74, 6) is 1.22. The molecule has 2 aromatic rings. The number of hydrogen-bond acceptors (Lipinski definition) is 5. The Morgan fingerprint density at radius 2 is 1.88 bits per heavy atom. The minimum atomic E-state index is -0.215. The number of amidine groups is 1. The number of likely N-dealkylation sites (tertiary alicyclic amines) is 1. The predicted octanol–water partition coefficient (Wildman–Crippen LogP) is 4.92. The highest BCUT2D eigenvalue weighted by atomic mass is 32.2. The maximum atomic E-state index is 13.4.